The van der Waals surface area contributed by atoms with Crippen molar-refractivity contribution in [3.63, 3.8) is 0 Å². The molecule has 8 nitrogen and oxygen atoms in total. The van der Waals surface area contributed by atoms with Gasteiger partial charge in [-0.1, -0.05) is 22.9 Å². The van der Waals surface area contributed by atoms with E-state index in [0.717, 1.165) is 41.9 Å². The molecule has 0 radical (unpaired) electrons. The number of carbonyl (C=O) groups is 2. The van der Waals surface area contributed by atoms with Crippen LogP contribution in [0.2, 0.25) is 5.02 Å². The molecule has 148 valence electrons. The van der Waals surface area contributed by atoms with E-state index in [9.17, 15) is 14.0 Å². The Balaban J connectivity index is 1.52. The van der Waals surface area contributed by atoms with Crippen LogP contribution in [0.5, 0.6) is 0 Å². The van der Waals surface area contributed by atoms with Crippen molar-refractivity contribution < 1.29 is 14.0 Å². The highest BCUT2D eigenvalue weighted by molar-refractivity contribution is 7.17. The van der Waals surface area contributed by atoms with E-state index < -0.39 is 17.6 Å². The fourth-order valence-electron chi connectivity index (χ4n) is 2.59. The summed E-state index contributed by atoms with van der Waals surface area (Å²) in [5.74, 6) is -1.61. The van der Waals surface area contributed by atoms with Crippen LogP contribution in [0, 0.1) is 5.82 Å². The zero-order chi connectivity index (χ0) is 20.5. The Hall–Kier alpha value is -3.11. The quantitative estimate of drug-likeness (QED) is 0.565. The van der Waals surface area contributed by atoms with Gasteiger partial charge in [-0.2, -0.15) is 0 Å². The maximum Gasteiger partial charge on any atom is 0.267 e. The molecule has 0 saturated heterocycles. The molecule has 4 rings (SSSR count). The van der Waals surface area contributed by atoms with Crippen LogP contribution >= 0.6 is 22.9 Å². The number of amides is 2. The van der Waals surface area contributed by atoms with Crippen molar-refractivity contribution in [2.45, 2.75) is 18.8 Å². The summed E-state index contributed by atoms with van der Waals surface area (Å²) in [5.41, 5.74) is 6.27. The molecule has 0 atom stereocenters. The molecule has 1 aromatic carbocycles. The average molecular weight is 433 g/mol. The first kappa shape index (κ1) is 19.2. The maximum atomic E-state index is 14.3. The van der Waals surface area contributed by atoms with Crippen LogP contribution in [0.25, 0.3) is 0 Å². The van der Waals surface area contributed by atoms with Crippen molar-refractivity contribution in [2.24, 2.45) is 0 Å². The number of hydrogen-bond donors (Lipinski definition) is 3. The number of aromatic nitrogens is 3. The van der Waals surface area contributed by atoms with E-state index in [1.807, 2.05) is 0 Å². The lowest BCUT2D eigenvalue weighted by atomic mass is 10.1. The molecule has 0 aliphatic heterocycles. The second kappa shape index (κ2) is 7.72. The lowest BCUT2D eigenvalue weighted by molar-refractivity contribution is 0.101. The first-order valence-corrected chi connectivity index (χ1v) is 9.75. The highest BCUT2D eigenvalue weighted by Crippen LogP contribution is 2.39. The Bertz CT molecular complexity index is 1100. The minimum atomic E-state index is -0.845. The standard InChI is InChI=1S/C18H14ClFN6O2S/c19-11-4-12(20)10(3-13(11)25-16(28)14-7-22-17(21)29-14)15(27)26-18-23-5-9(6-24-18)8-1-2-8/h3-8H,1-2H2,(H2,21,22)(H,25,28)(H,23,24,26,27). The Morgan fingerprint density at radius 3 is 2.45 bits per heavy atom. The topological polar surface area (TPSA) is 123 Å². The minimum absolute atomic E-state index is 0.0551. The zero-order valence-electron chi connectivity index (χ0n) is 14.8. The molecular weight excluding hydrogens is 419 g/mol. The number of nitrogens with one attached hydrogen (secondary N) is 2. The molecule has 1 aliphatic rings. The lowest BCUT2D eigenvalue weighted by Gasteiger charge is -2.10. The van der Waals surface area contributed by atoms with Crippen LogP contribution < -0.4 is 16.4 Å². The fourth-order valence-corrected chi connectivity index (χ4v) is 3.37. The van der Waals surface area contributed by atoms with Crippen LogP contribution in [-0.4, -0.2) is 26.8 Å². The molecule has 0 bridgehead atoms. The van der Waals surface area contributed by atoms with Gasteiger partial charge in [0.1, 0.15) is 10.7 Å². The van der Waals surface area contributed by atoms with Gasteiger partial charge in [-0.3, -0.25) is 14.9 Å². The van der Waals surface area contributed by atoms with E-state index in [2.05, 4.69) is 25.6 Å². The Morgan fingerprint density at radius 2 is 1.83 bits per heavy atom. The third-order valence-corrected chi connectivity index (χ3v) is 5.38. The summed E-state index contributed by atoms with van der Waals surface area (Å²) in [6.07, 6.45) is 6.81. The van der Waals surface area contributed by atoms with Crippen LogP contribution in [0.15, 0.2) is 30.7 Å². The molecule has 29 heavy (non-hydrogen) atoms. The third-order valence-electron chi connectivity index (χ3n) is 4.24. The molecule has 11 heteroatoms. The molecule has 2 aromatic heterocycles. The molecule has 1 aliphatic carbocycles. The van der Waals surface area contributed by atoms with E-state index in [0.29, 0.717) is 5.92 Å². The Labute approximate surface area is 173 Å². The number of thiazole rings is 1. The van der Waals surface area contributed by atoms with Gasteiger partial charge in [0.2, 0.25) is 5.95 Å². The van der Waals surface area contributed by atoms with Gasteiger partial charge in [-0.05, 0) is 36.5 Å². The molecular formula is C18H14ClFN6O2S. The van der Waals surface area contributed by atoms with Crippen LogP contribution in [-0.2, 0) is 0 Å². The van der Waals surface area contributed by atoms with Crippen molar-refractivity contribution in [3.8, 4) is 0 Å². The second-order valence-electron chi connectivity index (χ2n) is 6.40. The number of nitrogens with two attached hydrogens (primary N) is 1. The number of nitrogen functional groups attached to an aromatic ring is 1. The Kier molecular flexibility index (Phi) is 5.12. The van der Waals surface area contributed by atoms with Crippen LogP contribution in [0.1, 0.15) is 44.4 Å². The summed E-state index contributed by atoms with van der Waals surface area (Å²) in [6, 6.07) is 2.10. The number of halogens is 2. The predicted octanol–water partition coefficient (Wildman–Crippen LogP) is 3.69. The molecule has 0 spiro atoms. The minimum Gasteiger partial charge on any atom is -0.375 e. The van der Waals surface area contributed by atoms with Crippen molar-refractivity contribution >= 4 is 51.5 Å². The number of hydrogen-bond acceptors (Lipinski definition) is 7. The van der Waals surface area contributed by atoms with Gasteiger partial charge < -0.3 is 11.1 Å². The molecule has 3 aromatic rings. The van der Waals surface area contributed by atoms with E-state index in [1.54, 1.807) is 12.4 Å². The first-order valence-electron chi connectivity index (χ1n) is 8.55. The van der Waals surface area contributed by atoms with Crippen molar-refractivity contribution in [1.29, 1.82) is 0 Å². The van der Waals surface area contributed by atoms with Crippen molar-refractivity contribution in [3.05, 3.63) is 57.6 Å². The molecule has 4 N–H and O–H groups in total. The van der Waals surface area contributed by atoms with Crippen molar-refractivity contribution in [2.75, 3.05) is 16.4 Å². The largest absolute Gasteiger partial charge is 0.375 e. The summed E-state index contributed by atoms with van der Waals surface area (Å²) in [4.78, 5) is 37.0. The molecule has 2 heterocycles. The van der Waals surface area contributed by atoms with Crippen LogP contribution in [0.3, 0.4) is 0 Å². The van der Waals surface area contributed by atoms with Gasteiger partial charge >= 0.3 is 0 Å². The number of rotatable bonds is 5. The SMILES string of the molecule is Nc1ncc(C(=O)Nc2cc(C(=O)Nc3ncc(C4CC4)cn3)c(F)cc2Cl)s1. The lowest BCUT2D eigenvalue weighted by Crippen LogP contribution is -2.17. The summed E-state index contributed by atoms with van der Waals surface area (Å²) < 4.78 is 14.3. The first-order chi connectivity index (χ1) is 13.9. The fraction of sp³-hybridized carbons (Fsp3) is 0.167. The van der Waals surface area contributed by atoms with E-state index in [-0.39, 0.29) is 32.2 Å². The van der Waals surface area contributed by atoms with E-state index in [4.69, 9.17) is 17.3 Å². The summed E-state index contributed by atoms with van der Waals surface area (Å²) in [5, 5.41) is 5.13. The summed E-state index contributed by atoms with van der Waals surface area (Å²) in [6.45, 7) is 0. The van der Waals surface area contributed by atoms with Crippen LogP contribution in [0.4, 0.5) is 21.2 Å². The van der Waals surface area contributed by atoms with E-state index in [1.165, 1.54) is 6.20 Å². The second-order valence-corrected chi connectivity index (χ2v) is 7.87. The number of anilines is 3. The van der Waals surface area contributed by atoms with Gasteiger partial charge in [-0.25, -0.2) is 19.3 Å². The third kappa shape index (κ3) is 4.33. The molecule has 1 fully saturated rings. The predicted molar refractivity (Wildman–Crippen MR) is 108 cm³/mol. The zero-order valence-corrected chi connectivity index (χ0v) is 16.4. The van der Waals surface area contributed by atoms with Gasteiger partial charge in [0.25, 0.3) is 11.8 Å². The molecule has 2 amide bonds. The Morgan fingerprint density at radius 1 is 1.10 bits per heavy atom. The van der Waals surface area contributed by atoms with E-state index >= 15 is 0 Å². The highest BCUT2D eigenvalue weighted by Gasteiger charge is 2.24. The van der Waals surface area contributed by atoms with Crippen molar-refractivity contribution in [1.82, 2.24) is 15.0 Å². The average Bonchev–Trinajstić information content (AvgIpc) is 3.44. The number of carbonyl (C=O) groups excluding carboxylic acids is 2. The molecule has 1 saturated carbocycles. The van der Waals surface area contributed by atoms with Gasteiger partial charge in [0.15, 0.2) is 5.13 Å². The summed E-state index contributed by atoms with van der Waals surface area (Å²) >= 11 is 6.99. The maximum absolute atomic E-state index is 14.3. The number of nitrogens with zero attached hydrogens (tertiary/aromatic N) is 3. The number of benzene rings is 1. The van der Waals surface area contributed by atoms with Gasteiger partial charge in [0.05, 0.1) is 22.5 Å². The monoisotopic (exact) mass is 432 g/mol. The summed E-state index contributed by atoms with van der Waals surface area (Å²) in [7, 11) is 0. The normalized spacial score (nSPS) is 13.2. The van der Waals surface area contributed by atoms with Gasteiger partial charge in [-0.15, -0.1) is 0 Å². The van der Waals surface area contributed by atoms with Gasteiger partial charge in [0, 0.05) is 12.4 Å². The molecule has 0 unspecified atom stereocenters. The highest BCUT2D eigenvalue weighted by atomic mass is 35.5. The smallest absolute Gasteiger partial charge is 0.267 e.